The molecule has 114 valence electrons. The lowest BCUT2D eigenvalue weighted by molar-refractivity contribution is 0.474. The Morgan fingerprint density at radius 2 is 2.10 bits per heavy atom. The standard InChI is InChI=1S/C16H24N4O/c1-16(2,3)15-14(18-9-5-8-17)11-19-20(15)12-6-4-7-13(21)10-12/h4,6-7,10-11,18,21H,5,8-9,17H2,1-3H3. The number of hydrogen-bond acceptors (Lipinski definition) is 4. The Morgan fingerprint density at radius 1 is 1.33 bits per heavy atom. The summed E-state index contributed by atoms with van der Waals surface area (Å²) in [5.74, 6) is 0.237. The van der Waals surface area contributed by atoms with Crippen molar-refractivity contribution in [3.05, 3.63) is 36.2 Å². The van der Waals surface area contributed by atoms with E-state index in [-0.39, 0.29) is 11.2 Å². The van der Waals surface area contributed by atoms with Gasteiger partial charge in [-0.3, -0.25) is 0 Å². The molecule has 0 unspecified atom stereocenters. The van der Waals surface area contributed by atoms with Crippen molar-refractivity contribution in [1.82, 2.24) is 9.78 Å². The van der Waals surface area contributed by atoms with Crippen LogP contribution in [0.2, 0.25) is 0 Å². The fourth-order valence-electron chi connectivity index (χ4n) is 2.35. The maximum absolute atomic E-state index is 9.68. The first kappa shape index (κ1) is 15.4. The van der Waals surface area contributed by atoms with E-state index in [0.717, 1.165) is 30.0 Å². The summed E-state index contributed by atoms with van der Waals surface area (Å²) in [6.45, 7) is 7.94. The number of anilines is 1. The van der Waals surface area contributed by atoms with Crippen LogP contribution in [0.15, 0.2) is 30.5 Å². The normalized spacial score (nSPS) is 11.6. The Morgan fingerprint density at radius 3 is 2.71 bits per heavy atom. The molecule has 0 bridgehead atoms. The summed E-state index contributed by atoms with van der Waals surface area (Å²) in [7, 11) is 0. The second-order valence-electron chi connectivity index (χ2n) is 6.16. The molecular formula is C16H24N4O. The van der Waals surface area contributed by atoms with Crippen LogP contribution < -0.4 is 11.1 Å². The predicted molar refractivity (Wildman–Crippen MR) is 86.1 cm³/mol. The Labute approximate surface area is 125 Å². The summed E-state index contributed by atoms with van der Waals surface area (Å²) in [5.41, 5.74) is 8.42. The molecule has 4 N–H and O–H groups in total. The molecule has 5 heteroatoms. The molecule has 0 saturated heterocycles. The highest BCUT2D eigenvalue weighted by molar-refractivity contribution is 5.53. The summed E-state index contributed by atoms with van der Waals surface area (Å²) in [6, 6.07) is 7.13. The number of phenols is 1. The molecule has 0 atom stereocenters. The van der Waals surface area contributed by atoms with Crippen molar-refractivity contribution in [2.45, 2.75) is 32.6 Å². The summed E-state index contributed by atoms with van der Waals surface area (Å²) in [5, 5.41) is 17.6. The van der Waals surface area contributed by atoms with E-state index in [1.165, 1.54) is 0 Å². The zero-order chi connectivity index (χ0) is 15.5. The van der Waals surface area contributed by atoms with Crippen molar-refractivity contribution in [1.29, 1.82) is 0 Å². The van der Waals surface area contributed by atoms with Gasteiger partial charge in [-0.1, -0.05) is 26.8 Å². The summed E-state index contributed by atoms with van der Waals surface area (Å²) in [6.07, 6.45) is 2.75. The Bertz CT molecular complexity index is 599. The highest BCUT2D eigenvalue weighted by Crippen LogP contribution is 2.32. The highest BCUT2D eigenvalue weighted by atomic mass is 16.3. The highest BCUT2D eigenvalue weighted by Gasteiger charge is 2.24. The number of nitrogens with zero attached hydrogens (tertiary/aromatic N) is 2. The molecule has 0 aliphatic rings. The third kappa shape index (κ3) is 3.55. The van der Waals surface area contributed by atoms with Crippen LogP contribution in [-0.2, 0) is 5.41 Å². The molecular weight excluding hydrogens is 264 g/mol. The van der Waals surface area contributed by atoms with Crippen LogP contribution in [0.25, 0.3) is 5.69 Å². The Balaban J connectivity index is 2.42. The molecule has 2 aromatic rings. The van der Waals surface area contributed by atoms with Gasteiger partial charge in [0, 0.05) is 18.0 Å². The lowest BCUT2D eigenvalue weighted by atomic mass is 9.91. The molecule has 1 aromatic heterocycles. The second kappa shape index (κ2) is 6.18. The van der Waals surface area contributed by atoms with Gasteiger partial charge in [-0.2, -0.15) is 5.10 Å². The van der Waals surface area contributed by atoms with Crippen molar-refractivity contribution in [3.63, 3.8) is 0 Å². The van der Waals surface area contributed by atoms with Crippen LogP contribution in [0.4, 0.5) is 5.69 Å². The summed E-state index contributed by atoms with van der Waals surface area (Å²) < 4.78 is 1.88. The number of aromatic nitrogens is 2. The van der Waals surface area contributed by atoms with Crippen LogP contribution in [0, 0.1) is 0 Å². The molecule has 5 nitrogen and oxygen atoms in total. The molecule has 0 saturated carbocycles. The SMILES string of the molecule is CC(C)(C)c1c(NCCCN)cnn1-c1cccc(O)c1. The van der Waals surface area contributed by atoms with Crippen molar-refractivity contribution < 1.29 is 5.11 Å². The van der Waals surface area contributed by atoms with Gasteiger partial charge in [0.15, 0.2) is 0 Å². The molecule has 0 spiro atoms. The fraction of sp³-hybridized carbons (Fsp3) is 0.438. The number of hydrogen-bond donors (Lipinski definition) is 3. The molecule has 0 fully saturated rings. The molecule has 1 aromatic carbocycles. The monoisotopic (exact) mass is 288 g/mol. The van der Waals surface area contributed by atoms with Gasteiger partial charge in [-0.15, -0.1) is 0 Å². The average molecular weight is 288 g/mol. The van der Waals surface area contributed by atoms with E-state index in [0.29, 0.717) is 6.54 Å². The fourth-order valence-corrected chi connectivity index (χ4v) is 2.35. The van der Waals surface area contributed by atoms with Gasteiger partial charge in [-0.05, 0) is 25.1 Å². The van der Waals surface area contributed by atoms with E-state index >= 15 is 0 Å². The van der Waals surface area contributed by atoms with E-state index < -0.39 is 0 Å². The van der Waals surface area contributed by atoms with Crippen LogP contribution >= 0.6 is 0 Å². The molecule has 0 aliphatic heterocycles. The van der Waals surface area contributed by atoms with Crippen LogP contribution in [0.1, 0.15) is 32.9 Å². The first-order chi connectivity index (χ1) is 9.93. The van der Waals surface area contributed by atoms with Crippen molar-refractivity contribution in [3.8, 4) is 11.4 Å². The number of rotatable bonds is 5. The van der Waals surface area contributed by atoms with Gasteiger partial charge in [0.2, 0.25) is 0 Å². The van der Waals surface area contributed by atoms with E-state index in [2.05, 4.69) is 31.2 Å². The summed E-state index contributed by atoms with van der Waals surface area (Å²) in [4.78, 5) is 0. The van der Waals surface area contributed by atoms with E-state index in [9.17, 15) is 5.11 Å². The lowest BCUT2D eigenvalue weighted by Crippen LogP contribution is -2.20. The summed E-state index contributed by atoms with van der Waals surface area (Å²) >= 11 is 0. The number of aromatic hydroxyl groups is 1. The zero-order valence-corrected chi connectivity index (χ0v) is 12.9. The Kier molecular flexibility index (Phi) is 4.53. The third-order valence-corrected chi connectivity index (χ3v) is 3.25. The number of nitrogens with one attached hydrogen (secondary N) is 1. The van der Waals surface area contributed by atoms with E-state index in [4.69, 9.17) is 5.73 Å². The first-order valence-corrected chi connectivity index (χ1v) is 7.25. The van der Waals surface area contributed by atoms with Gasteiger partial charge in [0.1, 0.15) is 5.75 Å². The molecule has 0 radical (unpaired) electrons. The minimum Gasteiger partial charge on any atom is -0.508 e. The van der Waals surface area contributed by atoms with Crippen LogP contribution in [0.3, 0.4) is 0 Å². The third-order valence-electron chi connectivity index (χ3n) is 3.25. The van der Waals surface area contributed by atoms with Crippen molar-refractivity contribution in [2.24, 2.45) is 5.73 Å². The average Bonchev–Trinajstić information content (AvgIpc) is 2.83. The topological polar surface area (TPSA) is 76.1 Å². The van der Waals surface area contributed by atoms with Gasteiger partial charge in [0.05, 0.1) is 23.3 Å². The molecule has 1 heterocycles. The van der Waals surface area contributed by atoms with Gasteiger partial charge in [-0.25, -0.2) is 4.68 Å². The molecule has 0 amide bonds. The number of benzene rings is 1. The van der Waals surface area contributed by atoms with Crippen LogP contribution in [0.5, 0.6) is 5.75 Å². The maximum Gasteiger partial charge on any atom is 0.117 e. The molecule has 21 heavy (non-hydrogen) atoms. The maximum atomic E-state index is 9.68. The zero-order valence-electron chi connectivity index (χ0n) is 12.9. The smallest absolute Gasteiger partial charge is 0.117 e. The molecule has 2 rings (SSSR count). The number of phenolic OH excluding ortho intramolecular Hbond substituents is 1. The Hall–Kier alpha value is -2.01. The van der Waals surface area contributed by atoms with Gasteiger partial charge in [0.25, 0.3) is 0 Å². The largest absolute Gasteiger partial charge is 0.508 e. The van der Waals surface area contributed by atoms with Gasteiger partial charge >= 0.3 is 0 Å². The van der Waals surface area contributed by atoms with E-state index in [1.807, 2.05) is 23.0 Å². The number of nitrogens with two attached hydrogens (primary N) is 1. The lowest BCUT2D eigenvalue weighted by Gasteiger charge is -2.23. The van der Waals surface area contributed by atoms with E-state index in [1.54, 1.807) is 12.1 Å². The van der Waals surface area contributed by atoms with Gasteiger partial charge < -0.3 is 16.2 Å². The van der Waals surface area contributed by atoms with Crippen molar-refractivity contribution in [2.75, 3.05) is 18.4 Å². The quantitative estimate of drug-likeness (QED) is 0.739. The molecule has 0 aliphatic carbocycles. The minimum absolute atomic E-state index is 0.0764. The second-order valence-corrected chi connectivity index (χ2v) is 6.16. The minimum atomic E-state index is -0.0764. The van der Waals surface area contributed by atoms with Crippen molar-refractivity contribution >= 4 is 5.69 Å². The predicted octanol–water partition coefficient (Wildman–Crippen LogP) is 2.64. The first-order valence-electron chi connectivity index (χ1n) is 7.25. The van der Waals surface area contributed by atoms with Crippen LogP contribution in [-0.4, -0.2) is 28.0 Å².